The van der Waals surface area contributed by atoms with Crippen molar-refractivity contribution in [3.63, 3.8) is 0 Å². The minimum Gasteiger partial charge on any atom is -0.341 e. The second-order valence-electron chi connectivity index (χ2n) is 6.84. The molecule has 0 radical (unpaired) electrons. The minimum absolute atomic E-state index is 0.156. The molecule has 2 heterocycles. The highest BCUT2D eigenvalue weighted by Gasteiger charge is 2.22. The first-order valence-electron chi connectivity index (χ1n) is 9.39. The predicted octanol–water partition coefficient (Wildman–Crippen LogP) is 4.10. The normalized spacial score (nSPS) is 15.1. The Morgan fingerprint density at radius 3 is 2.52 bits per heavy atom. The molecule has 1 aliphatic heterocycles. The van der Waals surface area contributed by atoms with Crippen LogP contribution in [0.15, 0.2) is 29.4 Å². The molecule has 0 spiro atoms. The highest BCUT2D eigenvalue weighted by atomic mass is 32.2. The summed E-state index contributed by atoms with van der Waals surface area (Å²) in [7, 11) is 0. The molecule has 0 aliphatic carbocycles. The van der Waals surface area contributed by atoms with Crippen molar-refractivity contribution in [2.45, 2.75) is 44.2 Å². The van der Waals surface area contributed by atoms with E-state index in [0.717, 1.165) is 29.9 Å². The molecule has 1 atom stereocenters. The molecule has 3 rings (SSSR count). The van der Waals surface area contributed by atoms with E-state index in [4.69, 9.17) is 5.26 Å². The fourth-order valence-electron chi connectivity index (χ4n) is 3.17. The van der Waals surface area contributed by atoms with Gasteiger partial charge in [0.2, 0.25) is 5.95 Å². The van der Waals surface area contributed by atoms with Crippen LogP contribution in [0.1, 0.15) is 37.7 Å². The summed E-state index contributed by atoms with van der Waals surface area (Å²) in [5.41, 5.74) is 2.25. The van der Waals surface area contributed by atoms with Gasteiger partial charge in [0, 0.05) is 25.3 Å². The average Bonchev–Trinajstić information content (AvgIpc) is 3.13. The van der Waals surface area contributed by atoms with Crippen LogP contribution in [0.4, 0.5) is 5.95 Å². The van der Waals surface area contributed by atoms with Gasteiger partial charge in [-0.1, -0.05) is 29.5 Å². The van der Waals surface area contributed by atoms with Gasteiger partial charge in [-0.2, -0.15) is 10.5 Å². The molecular formula is C20H24N6S. The van der Waals surface area contributed by atoms with Crippen molar-refractivity contribution in [3.05, 3.63) is 29.8 Å². The van der Waals surface area contributed by atoms with Crippen LogP contribution in [-0.2, 0) is 0 Å². The number of anilines is 1. The molecule has 1 fully saturated rings. The lowest BCUT2D eigenvalue weighted by Crippen LogP contribution is -2.31. The van der Waals surface area contributed by atoms with Gasteiger partial charge in [0.1, 0.15) is 0 Å². The quantitative estimate of drug-likeness (QED) is 0.673. The summed E-state index contributed by atoms with van der Waals surface area (Å²) in [4.78, 5) is 2.30. The van der Waals surface area contributed by atoms with Gasteiger partial charge in [0.15, 0.2) is 5.16 Å². The summed E-state index contributed by atoms with van der Waals surface area (Å²) in [6, 6.07) is 12.8. The highest BCUT2D eigenvalue weighted by Crippen LogP contribution is 2.30. The molecule has 140 valence electrons. The first-order valence-corrected chi connectivity index (χ1v) is 10.4. The molecule has 0 unspecified atom stereocenters. The third-order valence-electron chi connectivity index (χ3n) is 4.75. The lowest BCUT2D eigenvalue weighted by molar-refractivity contribution is 0.564. The van der Waals surface area contributed by atoms with E-state index in [-0.39, 0.29) is 5.92 Å². The molecule has 6 nitrogen and oxygen atoms in total. The summed E-state index contributed by atoms with van der Waals surface area (Å²) in [5, 5.41) is 27.8. The standard InChI is InChI=1S/C20H24N6S/c1-16-7-9-18(10-8-16)26-19(25-12-3-2-4-13-25)23-24-20(26)27-15-17(14-22)6-5-11-21/h7-10,17H,2-6,12-13,15H2,1H3/t17-/m0/s1. The molecule has 0 saturated carbocycles. The minimum atomic E-state index is -0.156. The number of benzene rings is 1. The van der Waals surface area contributed by atoms with Crippen LogP contribution in [0.2, 0.25) is 0 Å². The van der Waals surface area contributed by atoms with Gasteiger partial charge in [0.05, 0.1) is 23.7 Å². The van der Waals surface area contributed by atoms with Crippen molar-refractivity contribution >= 4 is 17.7 Å². The second kappa shape index (κ2) is 9.43. The zero-order chi connectivity index (χ0) is 19.1. The molecule has 27 heavy (non-hydrogen) atoms. The summed E-state index contributed by atoms with van der Waals surface area (Å²) in [5.74, 6) is 1.34. The number of hydrogen-bond acceptors (Lipinski definition) is 6. The number of piperidine rings is 1. The lowest BCUT2D eigenvalue weighted by Gasteiger charge is -2.27. The van der Waals surface area contributed by atoms with Crippen molar-refractivity contribution in [2.75, 3.05) is 23.7 Å². The Kier molecular flexibility index (Phi) is 6.73. The topological polar surface area (TPSA) is 81.5 Å². The molecule has 7 heteroatoms. The maximum Gasteiger partial charge on any atom is 0.232 e. The van der Waals surface area contributed by atoms with Crippen molar-refractivity contribution in [2.24, 2.45) is 5.92 Å². The number of rotatable bonds is 7. The van der Waals surface area contributed by atoms with E-state index >= 15 is 0 Å². The molecular weight excluding hydrogens is 356 g/mol. The molecule has 1 saturated heterocycles. The molecule has 0 amide bonds. The number of hydrogen-bond donors (Lipinski definition) is 0. The van der Waals surface area contributed by atoms with Gasteiger partial charge in [-0.3, -0.25) is 4.57 Å². The van der Waals surface area contributed by atoms with Gasteiger partial charge in [0.25, 0.3) is 0 Å². The number of aromatic nitrogens is 3. The Morgan fingerprint density at radius 1 is 1.11 bits per heavy atom. The zero-order valence-electron chi connectivity index (χ0n) is 15.6. The van der Waals surface area contributed by atoms with Crippen LogP contribution in [-0.4, -0.2) is 33.6 Å². The Bertz CT molecular complexity index is 824. The van der Waals surface area contributed by atoms with E-state index in [0.29, 0.717) is 18.6 Å². The fraction of sp³-hybridized carbons (Fsp3) is 0.500. The number of nitriles is 2. The number of nitrogens with zero attached hydrogens (tertiary/aromatic N) is 6. The van der Waals surface area contributed by atoms with Crippen LogP contribution in [0.25, 0.3) is 5.69 Å². The lowest BCUT2D eigenvalue weighted by atomic mass is 10.1. The monoisotopic (exact) mass is 380 g/mol. The first-order chi connectivity index (χ1) is 13.2. The maximum atomic E-state index is 9.33. The molecule has 1 aliphatic rings. The molecule has 0 N–H and O–H groups in total. The zero-order valence-corrected chi connectivity index (χ0v) is 16.5. The van der Waals surface area contributed by atoms with Crippen LogP contribution in [0.5, 0.6) is 0 Å². The second-order valence-corrected chi connectivity index (χ2v) is 7.82. The smallest absolute Gasteiger partial charge is 0.232 e. The third kappa shape index (κ3) is 4.81. The number of aryl methyl sites for hydroxylation is 1. The molecule has 0 bridgehead atoms. The van der Waals surface area contributed by atoms with Gasteiger partial charge < -0.3 is 4.90 Å². The molecule has 1 aromatic heterocycles. The van der Waals surface area contributed by atoms with Crippen molar-refractivity contribution < 1.29 is 0 Å². The van der Waals surface area contributed by atoms with Crippen LogP contribution < -0.4 is 4.90 Å². The van der Waals surface area contributed by atoms with Gasteiger partial charge in [-0.15, -0.1) is 10.2 Å². The van der Waals surface area contributed by atoms with Gasteiger partial charge in [-0.05, 0) is 44.7 Å². The molecule has 2 aromatic rings. The first kappa shape index (κ1) is 19.3. The van der Waals surface area contributed by atoms with Crippen LogP contribution in [0, 0.1) is 35.5 Å². The van der Waals surface area contributed by atoms with Crippen molar-refractivity contribution in [3.8, 4) is 17.8 Å². The van der Waals surface area contributed by atoms with Crippen LogP contribution >= 0.6 is 11.8 Å². The SMILES string of the molecule is Cc1ccc(-n2c(SC[C@H](C#N)CCC#N)nnc2N2CCCCC2)cc1. The molecule has 1 aromatic carbocycles. The summed E-state index contributed by atoms with van der Waals surface area (Å²) < 4.78 is 2.11. The Balaban J connectivity index is 1.87. The maximum absolute atomic E-state index is 9.33. The van der Waals surface area contributed by atoms with Gasteiger partial charge >= 0.3 is 0 Å². The fourth-order valence-corrected chi connectivity index (χ4v) is 4.18. The summed E-state index contributed by atoms with van der Waals surface area (Å²) in [6.45, 7) is 4.07. The summed E-state index contributed by atoms with van der Waals surface area (Å²) >= 11 is 1.54. The Morgan fingerprint density at radius 2 is 1.85 bits per heavy atom. The predicted molar refractivity (Wildman–Crippen MR) is 107 cm³/mol. The van der Waals surface area contributed by atoms with Crippen LogP contribution in [0.3, 0.4) is 0 Å². The van der Waals surface area contributed by atoms with Gasteiger partial charge in [-0.25, -0.2) is 0 Å². The third-order valence-corrected chi connectivity index (χ3v) is 5.84. The largest absolute Gasteiger partial charge is 0.341 e. The van der Waals surface area contributed by atoms with E-state index in [1.165, 1.54) is 24.8 Å². The van der Waals surface area contributed by atoms with E-state index in [9.17, 15) is 5.26 Å². The van der Waals surface area contributed by atoms with E-state index < -0.39 is 0 Å². The number of thioether (sulfide) groups is 1. The van der Waals surface area contributed by atoms with E-state index in [1.54, 1.807) is 11.8 Å². The Labute approximate surface area is 164 Å². The van der Waals surface area contributed by atoms with E-state index in [2.05, 4.69) is 63.0 Å². The van der Waals surface area contributed by atoms with Crippen molar-refractivity contribution in [1.29, 1.82) is 10.5 Å². The van der Waals surface area contributed by atoms with Crippen molar-refractivity contribution in [1.82, 2.24) is 14.8 Å². The Hall–Kier alpha value is -2.51. The highest BCUT2D eigenvalue weighted by molar-refractivity contribution is 7.99. The average molecular weight is 381 g/mol. The summed E-state index contributed by atoms with van der Waals surface area (Å²) in [6.07, 6.45) is 4.61. The van der Waals surface area contributed by atoms with E-state index in [1.807, 2.05) is 0 Å².